The Morgan fingerprint density at radius 2 is 1.92 bits per heavy atom. The number of amides is 1. The van der Waals surface area contributed by atoms with E-state index in [1.165, 1.54) is 17.2 Å². The molecule has 1 aromatic heterocycles. The molecule has 1 amide bonds. The SMILES string of the molecule is CC(C)NS(=O)(=O)c1cc(C(=O)N(C)C(C)c2ccco2)ccc1F. The van der Waals surface area contributed by atoms with E-state index in [9.17, 15) is 17.6 Å². The fourth-order valence-electron chi connectivity index (χ4n) is 2.32. The smallest absolute Gasteiger partial charge is 0.254 e. The monoisotopic (exact) mass is 368 g/mol. The van der Waals surface area contributed by atoms with Crippen molar-refractivity contribution in [2.45, 2.75) is 37.8 Å². The fraction of sp³-hybridized carbons (Fsp3) is 0.353. The van der Waals surface area contributed by atoms with Crippen LogP contribution in [-0.4, -0.2) is 32.3 Å². The van der Waals surface area contributed by atoms with Crippen LogP contribution in [0.3, 0.4) is 0 Å². The van der Waals surface area contributed by atoms with Crippen molar-refractivity contribution in [2.24, 2.45) is 0 Å². The standard InChI is InChI=1S/C17H21FN2O4S/c1-11(2)19-25(22,23)16-10-13(7-8-14(16)18)17(21)20(4)12(3)15-6-5-9-24-15/h5-12,19H,1-4H3. The predicted octanol–water partition coefficient (Wildman–Crippen LogP) is 2.94. The molecule has 0 radical (unpaired) electrons. The lowest BCUT2D eigenvalue weighted by Crippen LogP contribution is -2.32. The molecule has 1 heterocycles. The molecule has 0 spiro atoms. The van der Waals surface area contributed by atoms with Crippen LogP contribution in [0.4, 0.5) is 4.39 Å². The molecule has 136 valence electrons. The van der Waals surface area contributed by atoms with Crippen molar-refractivity contribution >= 4 is 15.9 Å². The van der Waals surface area contributed by atoms with Gasteiger partial charge in [-0.25, -0.2) is 17.5 Å². The highest BCUT2D eigenvalue weighted by Crippen LogP contribution is 2.23. The van der Waals surface area contributed by atoms with Gasteiger partial charge in [0.2, 0.25) is 10.0 Å². The number of benzene rings is 1. The third-order valence-electron chi connectivity index (χ3n) is 3.71. The highest BCUT2D eigenvalue weighted by atomic mass is 32.2. The molecule has 1 N–H and O–H groups in total. The van der Waals surface area contributed by atoms with E-state index >= 15 is 0 Å². The first kappa shape index (κ1) is 19.1. The lowest BCUT2D eigenvalue weighted by molar-refractivity contribution is 0.0726. The number of carbonyl (C=O) groups excluding carboxylic acids is 1. The van der Waals surface area contributed by atoms with Crippen molar-refractivity contribution < 1.29 is 22.0 Å². The Balaban J connectivity index is 2.34. The summed E-state index contributed by atoms with van der Waals surface area (Å²) in [4.78, 5) is 13.5. The van der Waals surface area contributed by atoms with E-state index in [4.69, 9.17) is 4.42 Å². The molecule has 25 heavy (non-hydrogen) atoms. The largest absolute Gasteiger partial charge is 0.467 e. The van der Waals surface area contributed by atoms with Crippen molar-refractivity contribution in [1.29, 1.82) is 0 Å². The molecule has 1 atom stereocenters. The van der Waals surface area contributed by atoms with Gasteiger partial charge in [-0.05, 0) is 51.1 Å². The van der Waals surface area contributed by atoms with E-state index in [1.807, 2.05) is 0 Å². The molecule has 0 aliphatic heterocycles. The summed E-state index contributed by atoms with van der Waals surface area (Å²) in [5.74, 6) is -0.761. The lowest BCUT2D eigenvalue weighted by Gasteiger charge is -2.23. The first-order valence-corrected chi connectivity index (χ1v) is 9.24. The van der Waals surface area contributed by atoms with Gasteiger partial charge in [-0.1, -0.05) is 0 Å². The second-order valence-electron chi connectivity index (χ2n) is 6.03. The van der Waals surface area contributed by atoms with E-state index in [0.717, 1.165) is 12.1 Å². The molecule has 6 nitrogen and oxygen atoms in total. The van der Waals surface area contributed by atoms with Crippen molar-refractivity contribution in [1.82, 2.24) is 9.62 Å². The summed E-state index contributed by atoms with van der Waals surface area (Å²) in [5, 5.41) is 0. The zero-order valence-electron chi connectivity index (χ0n) is 14.5. The molecule has 0 saturated heterocycles. The van der Waals surface area contributed by atoms with Crippen molar-refractivity contribution in [3.8, 4) is 0 Å². The van der Waals surface area contributed by atoms with Gasteiger partial charge in [0.1, 0.15) is 16.5 Å². The second-order valence-corrected chi connectivity index (χ2v) is 7.71. The second kappa shape index (κ2) is 7.37. The van der Waals surface area contributed by atoms with Crippen LogP contribution in [0, 0.1) is 5.82 Å². The first-order chi connectivity index (χ1) is 11.6. The minimum absolute atomic E-state index is 0.0754. The summed E-state index contributed by atoms with van der Waals surface area (Å²) in [6, 6.07) is 5.98. The topological polar surface area (TPSA) is 79.6 Å². The quantitative estimate of drug-likeness (QED) is 0.850. The summed E-state index contributed by atoms with van der Waals surface area (Å²) < 4.78 is 46.1. The Kier molecular flexibility index (Phi) is 5.64. The summed E-state index contributed by atoms with van der Waals surface area (Å²) in [6.07, 6.45) is 1.50. The van der Waals surface area contributed by atoms with Gasteiger partial charge in [-0.3, -0.25) is 4.79 Å². The van der Waals surface area contributed by atoms with E-state index in [-0.39, 0.29) is 11.6 Å². The molecule has 0 saturated carbocycles. The molecule has 0 aliphatic carbocycles. The summed E-state index contributed by atoms with van der Waals surface area (Å²) in [7, 11) is -2.48. The number of furan rings is 1. The van der Waals surface area contributed by atoms with Gasteiger partial charge < -0.3 is 9.32 Å². The number of nitrogens with one attached hydrogen (secondary N) is 1. The predicted molar refractivity (Wildman–Crippen MR) is 91.1 cm³/mol. The van der Waals surface area contributed by atoms with Crippen molar-refractivity contribution in [3.05, 3.63) is 53.7 Å². The van der Waals surface area contributed by atoms with Crippen LogP contribution in [0.15, 0.2) is 45.9 Å². The number of sulfonamides is 1. The average Bonchev–Trinajstić information content (AvgIpc) is 3.06. The van der Waals surface area contributed by atoms with E-state index in [1.54, 1.807) is 40.0 Å². The molecular weight excluding hydrogens is 347 g/mol. The molecule has 1 unspecified atom stereocenters. The van der Waals surface area contributed by atoms with E-state index < -0.39 is 32.7 Å². The van der Waals surface area contributed by atoms with Crippen LogP contribution < -0.4 is 4.72 Å². The Labute approximate surface area is 146 Å². The molecule has 2 aromatic rings. The maximum Gasteiger partial charge on any atom is 0.254 e. The molecule has 0 aliphatic rings. The summed E-state index contributed by atoms with van der Waals surface area (Å²) >= 11 is 0. The van der Waals surface area contributed by atoms with E-state index in [0.29, 0.717) is 5.76 Å². The zero-order chi connectivity index (χ0) is 18.8. The number of hydrogen-bond acceptors (Lipinski definition) is 4. The van der Waals surface area contributed by atoms with Crippen molar-refractivity contribution in [2.75, 3.05) is 7.05 Å². The lowest BCUT2D eigenvalue weighted by atomic mass is 10.1. The van der Waals surface area contributed by atoms with Gasteiger partial charge >= 0.3 is 0 Å². The van der Waals surface area contributed by atoms with Crippen LogP contribution >= 0.6 is 0 Å². The molecular formula is C17H21FN2O4S. The van der Waals surface area contributed by atoms with Gasteiger partial charge in [0.25, 0.3) is 5.91 Å². The Hall–Kier alpha value is -2.19. The van der Waals surface area contributed by atoms with Crippen LogP contribution in [0.1, 0.15) is 42.9 Å². The minimum Gasteiger partial charge on any atom is -0.467 e. The van der Waals surface area contributed by atoms with E-state index in [2.05, 4.69) is 4.72 Å². The number of nitrogens with zero attached hydrogens (tertiary/aromatic N) is 1. The molecule has 0 bridgehead atoms. The van der Waals surface area contributed by atoms with Crippen LogP contribution in [0.5, 0.6) is 0 Å². The van der Waals surface area contributed by atoms with Crippen LogP contribution in [0.25, 0.3) is 0 Å². The minimum atomic E-state index is -4.05. The highest BCUT2D eigenvalue weighted by molar-refractivity contribution is 7.89. The number of halogens is 1. The van der Waals surface area contributed by atoms with Gasteiger partial charge in [0.15, 0.2) is 0 Å². The van der Waals surface area contributed by atoms with Gasteiger partial charge in [0, 0.05) is 18.7 Å². The molecule has 2 rings (SSSR count). The molecule has 1 aromatic carbocycles. The van der Waals surface area contributed by atoms with Gasteiger partial charge in [-0.15, -0.1) is 0 Å². The summed E-state index contributed by atoms with van der Waals surface area (Å²) in [5.41, 5.74) is 0.0754. The summed E-state index contributed by atoms with van der Waals surface area (Å²) in [6.45, 7) is 5.03. The number of hydrogen-bond donors (Lipinski definition) is 1. The first-order valence-electron chi connectivity index (χ1n) is 7.76. The highest BCUT2D eigenvalue weighted by Gasteiger charge is 2.25. The number of carbonyl (C=O) groups is 1. The maximum absolute atomic E-state index is 14.0. The molecule has 8 heteroatoms. The normalized spacial score (nSPS) is 13.0. The number of rotatable bonds is 6. The van der Waals surface area contributed by atoms with Gasteiger partial charge in [-0.2, -0.15) is 0 Å². The molecule has 0 fully saturated rings. The zero-order valence-corrected chi connectivity index (χ0v) is 15.3. The average molecular weight is 368 g/mol. The Bertz CT molecular complexity index is 848. The fourth-order valence-corrected chi connectivity index (χ4v) is 3.67. The Morgan fingerprint density at radius 1 is 1.24 bits per heavy atom. The Morgan fingerprint density at radius 3 is 2.48 bits per heavy atom. The van der Waals surface area contributed by atoms with Crippen LogP contribution in [-0.2, 0) is 10.0 Å². The third-order valence-corrected chi connectivity index (χ3v) is 5.39. The van der Waals surface area contributed by atoms with Crippen molar-refractivity contribution in [3.63, 3.8) is 0 Å². The maximum atomic E-state index is 14.0. The van der Waals surface area contributed by atoms with Gasteiger partial charge in [0.05, 0.1) is 12.3 Å². The van der Waals surface area contributed by atoms with Crippen LogP contribution in [0.2, 0.25) is 0 Å². The third kappa shape index (κ3) is 4.26.